The van der Waals surface area contributed by atoms with E-state index in [0.29, 0.717) is 11.5 Å². The van der Waals surface area contributed by atoms with Crippen molar-refractivity contribution in [2.75, 3.05) is 0 Å². The Morgan fingerprint density at radius 3 is 3.00 bits per heavy atom. The normalized spacial score (nSPS) is 11.0. The molecule has 3 aromatic heterocycles. The van der Waals surface area contributed by atoms with E-state index in [4.69, 9.17) is 4.42 Å². The molecule has 0 unspecified atom stereocenters. The highest BCUT2D eigenvalue weighted by atomic mass is 32.1. The van der Waals surface area contributed by atoms with Gasteiger partial charge in [-0.25, -0.2) is 10.2 Å². The molecule has 2 N–H and O–H groups in total. The number of furan rings is 1. The average Bonchev–Trinajstić information content (AvgIpc) is 3.18. The van der Waals surface area contributed by atoms with Crippen LogP contribution in [0.1, 0.15) is 22.0 Å². The Bertz CT molecular complexity index is 909. The summed E-state index contributed by atoms with van der Waals surface area (Å²) in [6.45, 7) is 1.81. The molecule has 0 bridgehead atoms. The summed E-state index contributed by atoms with van der Waals surface area (Å²) in [6.07, 6.45) is 1.37. The average molecular weight is 328 g/mol. The van der Waals surface area contributed by atoms with Crippen molar-refractivity contribution in [3.63, 3.8) is 0 Å². The van der Waals surface area contributed by atoms with Crippen LogP contribution in [0.5, 0.6) is 0 Å². The van der Waals surface area contributed by atoms with E-state index in [1.54, 1.807) is 12.1 Å². The van der Waals surface area contributed by atoms with Gasteiger partial charge in [0.15, 0.2) is 0 Å². The molecule has 8 heteroatoms. The highest BCUT2D eigenvalue weighted by Gasteiger charge is 2.11. The maximum Gasteiger partial charge on any atom is 0.346 e. The first-order chi connectivity index (χ1) is 11.1. The van der Waals surface area contributed by atoms with Crippen LogP contribution in [0.2, 0.25) is 0 Å². The van der Waals surface area contributed by atoms with E-state index in [1.807, 2.05) is 24.4 Å². The molecule has 0 atom stereocenters. The third-order valence-corrected chi connectivity index (χ3v) is 3.79. The summed E-state index contributed by atoms with van der Waals surface area (Å²) < 4.78 is 5.29. The molecule has 1 amide bonds. The lowest BCUT2D eigenvalue weighted by Gasteiger charge is -2.01. The van der Waals surface area contributed by atoms with Gasteiger partial charge in [0.1, 0.15) is 17.2 Å². The number of H-pyrrole nitrogens is 1. The summed E-state index contributed by atoms with van der Waals surface area (Å²) in [5, 5.41) is 5.66. The van der Waals surface area contributed by atoms with E-state index in [-0.39, 0.29) is 5.69 Å². The van der Waals surface area contributed by atoms with Gasteiger partial charge in [0.2, 0.25) is 0 Å². The minimum Gasteiger partial charge on any atom is -0.460 e. The number of hydrazone groups is 1. The van der Waals surface area contributed by atoms with Crippen LogP contribution in [0.15, 0.2) is 50.0 Å². The summed E-state index contributed by atoms with van der Waals surface area (Å²) in [5.74, 6) is 0.684. The fourth-order valence-electron chi connectivity index (χ4n) is 1.87. The predicted molar refractivity (Wildman–Crippen MR) is 86.7 cm³/mol. The van der Waals surface area contributed by atoms with Gasteiger partial charge in [0.05, 0.1) is 16.8 Å². The Balaban J connectivity index is 1.77. The maximum absolute atomic E-state index is 12.0. The van der Waals surface area contributed by atoms with Crippen molar-refractivity contribution < 1.29 is 9.21 Å². The zero-order valence-electron chi connectivity index (χ0n) is 12.1. The molecule has 0 aromatic carbocycles. The predicted octanol–water partition coefficient (Wildman–Crippen LogP) is 2.16. The second-order valence-corrected chi connectivity index (χ2v) is 5.56. The summed E-state index contributed by atoms with van der Waals surface area (Å²) in [7, 11) is 0. The minimum absolute atomic E-state index is 0.00933. The molecule has 7 nitrogen and oxygen atoms in total. The fourth-order valence-corrected chi connectivity index (χ4v) is 2.57. The molecule has 0 aliphatic rings. The highest BCUT2D eigenvalue weighted by Crippen LogP contribution is 2.21. The largest absolute Gasteiger partial charge is 0.460 e. The van der Waals surface area contributed by atoms with Crippen LogP contribution in [0, 0.1) is 6.92 Å². The van der Waals surface area contributed by atoms with Crippen molar-refractivity contribution in [3.8, 4) is 10.6 Å². The zero-order valence-corrected chi connectivity index (χ0v) is 12.9. The van der Waals surface area contributed by atoms with Crippen molar-refractivity contribution in [1.29, 1.82) is 0 Å². The molecule has 116 valence electrons. The summed E-state index contributed by atoms with van der Waals surface area (Å²) in [5.41, 5.74) is 2.25. The van der Waals surface area contributed by atoms with Gasteiger partial charge in [0, 0.05) is 0 Å². The second kappa shape index (κ2) is 6.41. The molecular weight excluding hydrogens is 316 g/mol. The Labute approximate surface area is 134 Å². The van der Waals surface area contributed by atoms with Gasteiger partial charge in [-0.15, -0.1) is 11.3 Å². The molecule has 0 aliphatic heterocycles. The number of nitrogens with one attached hydrogen (secondary N) is 2. The lowest BCUT2D eigenvalue weighted by molar-refractivity contribution is 0.0949. The Kier molecular flexibility index (Phi) is 4.15. The van der Waals surface area contributed by atoms with Crippen LogP contribution >= 0.6 is 11.3 Å². The van der Waals surface area contributed by atoms with Crippen LogP contribution < -0.4 is 11.1 Å². The molecular formula is C15H12N4O3S. The number of carbonyl (C=O) groups excluding carboxylic acids is 1. The van der Waals surface area contributed by atoms with Crippen LogP contribution in [-0.4, -0.2) is 22.1 Å². The van der Waals surface area contributed by atoms with Crippen molar-refractivity contribution in [3.05, 3.63) is 63.4 Å². The van der Waals surface area contributed by atoms with E-state index in [9.17, 15) is 9.59 Å². The number of aromatic amines is 1. The van der Waals surface area contributed by atoms with Gasteiger partial charge in [-0.2, -0.15) is 10.1 Å². The number of amides is 1. The van der Waals surface area contributed by atoms with Crippen LogP contribution in [0.25, 0.3) is 10.6 Å². The van der Waals surface area contributed by atoms with Crippen molar-refractivity contribution in [2.45, 2.75) is 6.92 Å². The molecule has 3 heterocycles. The zero-order chi connectivity index (χ0) is 16.2. The Morgan fingerprint density at radius 1 is 1.43 bits per heavy atom. The topological polar surface area (TPSA) is 100 Å². The van der Waals surface area contributed by atoms with Gasteiger partial charge < -0.3 is 9.40 Å². The molecule has 0 saturated heterocycles. The minimum atomic E-state index is -0.591. The number of nitrogens with zero attached hydrogens (tertiary/aromatic N) is 2. The number of thiophene rings is 1. The smallest absolute Gasteiger partial charge is 0.346 e. The molecule has 0 radical (unpaired) electrons. The third-order valence-electron chi connectivity index (χ3n) is 2.88. The molecule has 3 rings (SSSR count). The van der Waals surface area contributed by atoms with Crippen LogP contribution in [0.3, 0.4) is 0 Å². The van der Waals surface area contributed by atoms with Gasteiger partial charge in [-0.1, -0.05) is 6.07 Å². The molecule has 0 aliphatic carbocycles. The highest BCUT2D eigenvalue weighted by molar-refractivity contribution is 7.13. The van der Waals surface area contributed by atoms with E-state index in [1.165, 1.54) is 23.6 Å². The number of aromatic nitrogens is 2. The van der Waals surface area contributed by atoms with E-state index < -0.39 is 11.6 Å². The van der Waals surface area contributed by atoms with Gasteiger partial charge in [-0.05, 0) is 36.6 Å². The number of hydrogen-bond donors (Lipinski definition) is 2. The first kappa shape index (κ1) is 14.9. The Hall–Kier alpha value is -3.00. The van der Waals surface area contributed by atoms with Crippen LogP contribution in [-0.2, 0) is 0 Å². The summed E-state index contributed by atoms with van der Waals surface area (Å²) in [6, 6.07) is 8.72. The summed E-state index contributed by atoms with van der Waals surface area (Å²) in [4.78, 5) is 30.8. The third kappa shape index (κ3) is 3.61. The van der Waals surface area contributed by atoms with E-state index >= 15 is 0 Å². The lowest BCUT2D eigenvalue weighted by atomic mass is 10.3. The Morgan fingerprint density at radius 2 is 2.30 bits per heavy atom. The first-order valence-electron chi connectivity index (χ1n) is 6.67. The van der Waals surface area contributed by atoms with Gasteiger partial charge in [0.25, 0.3) is 5.91 Å². The van der Waals surface area contributed by atoms with Crippen molar-refractivity contribution in [2.24, 2.45) is 5.10 Å². The fraction of sp³-hybridized carbons (Fsp3) is 0.0667. The number of rotatable bonds is 4. The first-order valence-corrected chi connectivity index (χ1v) is 7.55. The van der Waals surface area contributed by atoms with Crippen molar-refractivity contribution in [1.82, 2.24) is 15.4 Å². The quantitative estimate of drug-likeness (QED) is 0.566. The summed E-state index contributed by atoms with van der Waals surface area (Å²) >= 11 is 1.45. The monoisotopic (exact) mass is 328 g/mol. The molecule has 3 aromatic rings. The number of aryl methyl sites for hydroxylation is 1. The molecule has 0 saturated carbocycles. The van der Waals surface area contributed by atoms with E-state index in [2.05, 4.69) is 20.5 Å². The molecule has 0 spiro atoms. The number of carbonyl (C=O) groups is 1. The second-order valence-electron chi connectivity index (χ2n) is 4.61. The molecule has 0 fully saturated rings. The molecule has 23 heavy (non-hydrogen) atoms. The lowest BCUT2D eigenvalue weighted by Crippen LogP contribution is -2.24. The van der Waals surface area contributed by atoms with Crippen LogP contribution in [0.4, 0.5) is 0 Å². The van der Waals surface area contributed by atoms with Crippen molar-refractivity contribution >= 4 is 23.5 Å². The maximum atomic E-state index is 12.0. The van der Waals surface area contributed by atoms with E-state index in [0.717, 1.165) is 10.6 Å². The van der Waals surface area contributed by atoms with Gasteiger partial charge >= 0.3 is 5.69 Å². The number of hydrogen-bond acceptors (Lipinski definition) is 6. The van der Waals surface area contributed by atoms with Gasteiger partial charge in [-0.3, -0.25) is 4.79 Å². The standard InChI is InChI=1S/C15H12N4O3S/c1-9-4-5-10(22-9)8-16-19-14(20)12-7-11(17-15(21)18-12)13-3-2-6-23-13/h2-8H,1H3,(H,19,20)(H,17,18,21)/b16-8+. The SMILES string of the molecule is Cc1ccc(/C=N/NC(=O)c2cc(-c3cccs3)[nH]c(=O)n2)o1.